The van der Waals surface area contributed by atoms with E-state index in [2.05, 4.69) is 5.32 Å². The van der Waals surface area contributed by atoms with Crippen molar-refractivity contribution in [3.8, 4) is 5.75 Å². The maximum Gasteiger partial charge on any atom is 0.263 e. The van der Waals surface area contributed by atoms with Crippen LogP contribution in [0.4, 0.5) is 5.69 Å². The minimum absolute atomic E-state index is 0.198. The van der Waals surface area contributed by atoms with E-state index < -0.39 is 0 Å². The molecule has 2 aromatic carbocycles. The number of benzene rings is 2. The van der Waals surface area contributed by atoms with Crippen LogP contribution in [0.2, 0.25) is 0 Å². The highest BCUT2D eigenvalue weighted by atomic mass is 32.2. The quantitative estimate of drug-likeness (QED) is 0.507. The molecule has 0 saturated carbocycles. The van der Waals surface area contributed by atoms with Crippen LogP contribution in [0.25, 0.3) is 6.08 Å². The highest BCUT2D eigenvalue weighted by Gasteiger charge is 2.22. The van der Waals surface area contributed by atoms with E-state index in [0.29, 0.717) is 27.3 Å². The Hall–Kier alpha value is -2.31. The second kappa shape index (κ2) is 6.85. The normalized spacial score (nSPS) is 15.7. The van der Waals surface area contributed by atoms with Crippen molar-refractivity contribution >= 4 is 46.0 Å². The molecule has 0 unspecified atom stereocenters. The van der Waals surface area contributed by atoms with Gasteiger partial charge in [0.1, 0.15) is 16.7 Å². The molecule has 1 heterocycles. The van der Waals surface area contributed by atoms with Crippen molar-refractivity contribution in [2.24, 2.45) is 0 Å². The Kier molecular flexibility index (Phi) is 4.64. The minimum Gasteiger partial charge on any atom is -0.488 e. The van der Waals surface area contributed by atoms with Gasteiger partial charge in [-0.25, -0.2) is 0 Å². The predicted octanol–water partition coefficient (Wildman–Crippen LogP) is 3.34. The lowest BCUT2D eigenvalue weighted by Crippen LogP contribution is -2.17. The van der Waals surface area contributed by atoms with E-state index in [1.165, 1.54) is 11.8 Å². The van der Waals surface area contributed by atoms with Crippen molar-refractivity contribution in [1.29, 1.82) is 0 Å². The number of carbonyl (C=O) groups is 1. The first-order chi connectivity index (χ1) is 11.1. The number of nitrogens with one attached hydrogen (secondary N) is 1. The lowest BCUT2D eigenvalue weighted by atomic mass is 10.1. The average molecular weight is 342 g/mol. The molecule has 116 valence electrons. The second-order valence-corrected chi connectivity index (χ2v) is 6.64. The number of amides is 1. The number of carbonyl (C=O) groups excluding carboxylic acids is 1. The second-order valence-electron chi connectivity index (χ2n) is 4.92. The molecule has 23 heavy (non-hydrogen) atoms. The fourth-order valence-corrected chi connectivity index (χ4v) is 3.14. The summed E-state index contributed by atoms with van der Waals surface area (Å²) >= 11 is 6.23. The van der Waals surface area contributed by atoms with Gasteiger partial charge in [-0.15, -0.1) is 0 Å². The van der Waals surface area contributed by atoms with Gasteiger partial charge in [0.15, 0.2) is 0 Å². The van der Waals surface area contributed by atoms with Crippen LogP contribution < -0.4 is 15.8 Å². The Balaban J connectivity index is 1.85. The Morgan fingerprint density at radius 1 is 1.22 bits per heavy atom. The number of hydrogen-bond acceptors (Lipinski definition) is 5. The van der Waals surface area contributed by atoms with E-state index in [0.717, 1.165) is 11.1 Å². The molecule has 0 aromatic heterocycles. The fraction of sp³-hybridized carbons (Fsp3) is 0.0588. The smallest absolute Gasteiger partial charge is 0.263 e. The maximum absolute atomic E-state index is 11.8. The number of anilines is 1. The lowest BCUT2D eigenvalue weighted by Gasteiger charge is -2.10. The largest absolute Gasteiger partial charge is 0.488 e. The molecule has 0 spiro atoms. The van der Waals surface area contributed by atoms with Gasteiger partial charge in [0.05, 0.1) is 4.91 Å². The van der Waals surface area contributed by atoms with E-state index in [1.54, 1.807) is 24.3 Å². The summed E-state index contributed by atoms with van der Waals surface area (Å²) in [6.07, 6.45) is 1.75. The van der Waals surface area contributed by atoms with Crippen molar-refractivity contribution in [3.63, 3.8) is 0 Å². The Morgan fingerprint density at radius 2 is 2.00 bits per heavy atom. The molecule has 1 aliphatic heterocycles. The number of thioether (sulfide) groups is 1. The number of hydrogen-bond donors (Lipinski definition) is 2. The van der Waals surface area contributed by atoms with E-state index in [4.69, 9.17) is 22.7 Å². The number of ether oxygens (including phenoxy) is 1. The van der Waals surface area contributed by atoms with Crippen molar-refractivity contribution in [2.45, 2.75) is 6.61 Å². The molecule has 1 amide bonds. The first-order valence-corrected chi connectivity index (χ1v) is 8.15. The fourth-order valence-electron chi connectivity index (χ4n) is 2.11. The molecule has 6 heteroatoms. The average Bonchev–Trinajstić information content (AvgIpc) is 2.85. The van der Waals surface area contributed by atoms with Crippen LogP contribution in [0, 0.1) is 0 Å². The van der Waals surface area contributed by atoms with Crippen LogP contribution in [0.15, 0.2) is 53.4 Å². The van der Waals surface area contributed by atoms with Crippen LogP contribution in [0.1, 0.15) is 11.1 Å². The number of rotatable bonds is 4. The van der Waals surface area contributed by atoms with Gasteiger partial charge in [-0.2, -0.15) is 0 Å². The summed E-state index contributed by atoms with van der Waals surface area (Å²) in [5.41, 5.74) is 8.28. The van der Waals surface area contributed by atoms with E-state index in [9.17, 15) is 4.79 Å². The molecular formula is C17H14N2O2S2. The van der Waals surface area contributed by atoms with E-state index >= 15 is 0 Å². The highest BCUT2D eigenvalue weighted by molar-refractivity contribution is 8.26. The Morgan fingerprint density at radius 3 is 2.70 bits per heavy atom. The van der Waals surface area contributed by atoms with Gasteiger partial charge in [0.2, 0.25) is 0 Å². The molecule has 4 nitrogen and oxygen atoms in total. The third-order valence-corrected chi connectivity index (χ3v) is 4.36. The van der Waals surface area contributed by atoms with Crippen molar-refractivity contribution in [1.82, 2.24) is 5.32 Å². The van der Waals surface area contributed by atoms with E-state index in [-0.39, 0.29) is 5.91 Å². The van der Waals surface area contributed by atoms with Crippen LogP contribution in [0.5, 0.6) is 5.75 Å². The summed E-state index contributed by atoms with van der Waals surface area (Å²) in [4.78, 5) is 12.3. The number of thiocarbonyl (C=S) groups is 1. The molecular weight excluding hydrogens is 328 g/mol. The van der Waals surface area contributed by atoms with Crippen molar-refractivity contribution in [2.75, 3.05) is 5.73 Å². The molecule has 3 N–H and O–H groups in total. The van der Waals surface area contributed by atoms with Gasteiger partial charge in [-0.05, 0) is 29.8 Å². The van der Waals surface area contributed by atoms with Gasteiger partial charge in [-0.1, -0.05) is 54.3 Å². The van der Waals surface area contributed by atoms with Crippen molar-refractivity contribution < 1.29 is 9.53 Å². The molecule has 0 bridgehead atoms. The van der Waals surface area contributed by atoms with E-state index in [1.807, 2.05) is 30.3 Å². The molecule has 0 aliphatic carbocycles. The molecule has 1 fully saturated rings. The third-order valence-electron chi connectivity index (χ3n) is 3.20. The number of nitrogens with two attached hydrogens (primary N) is 1. The standard InChI is InChI=1S/C17H14N2O2S2/c18-13-6-7-14(21-10-11-4-2-1-3-5-11)12(8-13)9-15-16(20)19-17(22)23-15/h1-9H,10,18H2,(H,19,20,22)/b15-9-. The predicted molar refractivity (Wildman–Crippen MR) is 97.9 cm³/mol. The van der Waals surface area contributed by atoms with Gasteiger partial charge in [-0.3, -0.25) is 4.79 Å². The van der Waals surface area contributed by atoms with Crippen LogP contribution >= 0.6 is 24.0 Å². The van der Waals surface area contributed by atoms with Gasteiger partial charge >= 0.3 is 0 Å². The summed E-state index contributed by atoms with van der Waals surface area (Å²) in [5, 5.41) is 2.59. The maximum atomic E-state index is 11.8. The molecule has 1 saturated heterocycles. The van der Waals surface area contributed by atoms with Crippen molar-refractivity contribution in [3.05, 3.63) is 64.6 Å². The first-order valence-electron chi connectivity index (χ1n) is 6.93. The Labute approximate surface area is 143 Å². The topological polar surface area (TPSA) is 64.3 Å². The van der Waals surface area contributed by atoms with Crippen LogP contribution in [-0.2, 0) is 11.4 Å². The van der Waals surface area contributed by atoms with Gasteiger partial charge in [0.25, 0.3) is 5.91 Å². The van der Waals surface area contributed by atoms with Crippen LogP contribution in [-0.4, -0.2) is 10.2 Å². The Bertz CT molecular complexity index is 788. The number of nitrogen functional groups attached to an aromatic ring is 1. The zero-order valence-corrected chi connectivity index (χ0v) is 13.7. The molecule has 1 aliphatic rings. The van der Waals surface area contributed by atoms with Crippen LogP contribution in [0.3, 0.4) is 0 Å². The zero-order chi connectivity index (χ0) is 16.2. The summed E-state index contributed by atoms with van der Waals surface area (Å²) < 4.78 is 6.33. The summed E-state index contributed by atoms with van der Waals surface area (Å²) in [6, 6.07) is 15.2. The lowest BCUT2D eigenvalue weighted by molar-refractivity contribution is -0.115. The molecule has 3 rings (SSSR count). The first kappa shape index (κ1) is 15.6. The molecule has 0 atom stereocenters. The summed E-state index contributed by atoms with van der Waals surface area (Å²) in [6.45, 7) is 0.443. The minimum atomic E-state index is -0.198. The monoisotopic (exact) mass is 342 g/mol. The third kappa shape index (κ3) is 3.91. The SMILES string of the molecule is Nc1ccc(OCc2ccccc2)c(/C=C2\SC(=S)NC2=O)c1. The van der Waals surface area contributed by atoms with Gasteiger partial charge < -0.3 is 15.8 Å². The summed E-state index contributed by atoms with van der Waals surface area (Å²) in [5.74, 6) is 0.471. The van der Waals surface area contributed by atoms with Gasteiger partial charge in [0, 0.05) is 11.3 Å². The summed E-state index contributed by atoms with van der Waals surface area (Å²) in [7, 11) is 0. The zero-order valence-electron chi connectivity index (χ0n) is 12.1. The molecule has 2 aromatic rings. The highest BCUT2D eigenvalue weighted by Crippen LogP contribution is 2.30. The molecule has 0 radical (unpaired) electrons.